The Hall–Kier alpha value is -0.660. The average molecular weight is 365 g/mol. The zero-order valence-electron chi connectivity index (χ0n) is 13.0. The van der Waals surface area contributed by atoms with Crippen LogP contribution in [0.1, 0.15) is 38.5 Å². The molecule has 0 saturated carbocycles. The molecule has 1 amide bonds. The predicted molar refractivity (Wildman–Crippen MR) is 89.8 cm³/mol. The van der Waals surface area contributed by atoms with Gasteiger partial charge in [0.15, 0.2) is 4.47 Å². The van der Waals surface area contributed by atoms with Gasteiger partial charge in [-0.15, -0.1) is 11.3 Å². The molecule has 5 nitrogen and oxygen atoms in total. The van der Waals surface area contributed by atoms with Crippen molar-refractivity contribution < 1.29 is 13.7 Å². The van der Waals surface area contributed by atoms with Crippen molar-refractivity contribution in [2.75, 3.05) is 12.3 Å². The maximum Gasteiger partial charge on any atom is 0.410 e. The lowest BCUT2D eigenvalue weighted by Crippen LogP contribution is -2.42. The Balaban J connectivity index is 1.90. The molecule has 1 aromatic heterocycles. The van der Waals surface area contributed by atoms with Crippen molar-refractivity contribution in [2.45, 2.75) is 51.0 Å². The zero-order chi connectivity index (χ0) is 16.3. The van der Waals surface area contributed by atoms with E-state index in [1.807, 2.05) is 20.8 Å². The SMILES string of the molecule is CC(C)(C)OC(=O)N1CCC[C@H]1C[S@@](=O)Cc1cnc(Cl)s1. The van der Waals surface area contributed by atoms with Gasteiger partial charge >= 0.3 is 6.09 Å². The number of thiazole rings is 1. The molecule has 0 bridgehead atoms. The number of halogens is 1. The number of likely N-dealkylation sites (tertiary alicyclic amines) is 1. The molecule has 0 spiro atoms. The van der Waals surface area contributed by atoms with Crippen molar-refractivity contribution in [1.82, 2.24) is 9.88 Å². The Labute approximate surface area is 142 Å². The number of carbonyl (C=O) groups excluding carboxylic acids is 1. The van der Waals surface area contributed by atoms with Crippen LogP contribution in [0.3, 0.4) is 0 Å². The van der Waals surface area contributed by atoms with E-state index in [0.29, 0.717) is 22.5 Å². The van der Waals surface area contributed by atoms with Crippen LogP contribution in [0.4, 0.5) is 4.79 Å². The van der Waals surface area contributed by atoms with Gasteiger partial charge in [0.2, 0.25) is 0 Å². The molecule has 0 aromatic carbocycles. The summed E-state index contributed by atoms with van der Waals surface area (Å²) < 4.78 is 18.2. The molecule has 0 aliphatic carbocycles. The molecule has 1 aromatic rings. The van der Waals surface area contributed by atoms with E-state index in [1.165, 1.54) is 11.3 Å². The number of rotatable bonds is 4. The van der Waals surface area contributed by atoms with Gasteiger partial charge in [0.1, 0.15) is 5.60 Å². The number of ether oxygens (including phenoxy) is 1. The van der Waals surface area contributed by atoms with Crippen molar-refractivity contribution >= 4 is 39.8 Å². The normalized spacial score (nSPS) is 20.2. The van der Waals surface area contributed by atoms with E-state index >= 15 is 0 Å². The van der Waals surface area contributed by atoms with E-state index in [2.05, 4.69) is 4.98 Å². The third-order valence-corrected chi connectivity index (χ3v) is 5.90. The lowest BCUT2D eigenvalue weighted by Gasteiger charge is -2.28. The molecule has 0 N–H and O–H groups in total. The molecule has 22 heavy (non-hydrogen) atoms. The van der Waals surface area contributed by atoms with Crippen LogP contribution in [-0.4, -0.2) is 44.1 Å². The van der Waals surface area contributed by atoms with Gasteiger partial charge in [-0.3, -0.25) is 4.21 Å². The Morgan fingerprint density at radius 2 is 2.32 bits per heavy atom. The monoisotopic (exact) mass is 364 g/mol. The highest BCUT2D eigenvalue weighted by Gasteiger charge is 2.33. The smallest absolute Gasteiger partial charge is 0.410 e. The molecule has 1 fully saturated rings. The minimum atomic E-state index is -1.05. The van der Waals surface area contributed by atoms with Gasteiger partial charge in [-0.1, -0.05) is 11.6 Å². The zero-order valence-corrected chi connectivity index (χ0v) is 15.4. The lowest BCUT2D eigenvalue weighted by atomic mass is 10.2. The standard InChI is InChI=1S/C14H21ClN2O3S2/c1-14(2,3)20-13(18)17-6-4-5-10(17)8-22(19)9-11-7-16-12(15)21-11/h7,10H,4-6,8-9H2,1-3H3/t10-,22+/m0/s1. The maximum absolute atomic E-state index is 12.3. The highest BCUT2D eigenvalue weighted by Crippen LogP contribution is 2.23. The van der Waals surface area contributed by atoms with Crippen molar-refractivity contribution in [3.05, 3.63) is 15.5 Å². The second-order valence-electron chi connectivity index (χ2n) is 6.30. The summed E-state index contributed by atoms with van der Waals surface area (Å²) >= 11 is 7.12. The summed E-state index contributed by atoms with van der Waals surface area (Å²) in [7, 11) is -1.05. The number of amides is 1. The predicted octanol–water partition coefficient (Wildman–Crippen LogP) is 3.44. The quantitative estimate of drug-likeness (QED) is 0.821. The summed E-state index contributed by atoms with van der Waals surface area (Å²) in [6.07, 6.45) is 3.14. The first-order valence-electron chi connectivity index (χ1n) is 7.19. The highest BCUT2D eigenvalue weighted by atomic mass is 35.5. The summed E-state index contributed by atoms with van der Waals surface area (Å²) in [6.45, 7) is 6.22. The van der Waals surface area contributed by atoms with Gasteiger partial charge in [0.05, 0.1) is 5.75 Å². The van der Waals surface area contributed by atoms with Crippen LogP contribution in [0.15, 0.2) is 6.20 Å². The van der Waals surface area contributed by atoms with E-state index in [1.54, 1.807) is 11.1 Å². The first-order chi connectivity index (χ1) is 10.2. The van der Waals surface area contributed by atoms with Gasteiger partial charge < -0.3 is 9.64 Å². The Kier molecular flexibility index (Phi) is 5.85. The maximum atomic E-state index is 12.3. The van der Waals surface area contributed by atoms with Crippen LogP contribution in [0.5, 0.6) is 0 Å². The minimum absolute atomic E-state index is 0.0147. The van der Waals surface area contributed by atoms with Crippen molar-refractivity contribution in [3.63, 3.8) is 0 Å². The van der Waals surface area contributed by atoms with E-state index in [-0.39, 0.29) is 12.1 Å². The molecule has 1 saturated heterocycles. The van der Waals surface area contributed by atoms with Crippen molar-refractivity contribution in [2.24, 2.45) is 0 Å². The topological polar surface area (TPSA) is 59.5 Å². The van der Waals surface area contributed by atoms with Crippen LogP contribution in [0.25, 0.3) is 0 Å². The van der Waals surface area contributed by atoms with Crippen LogP contribution in [0, 0.1) is 0 Å². The Bertz CT molecular complexity index is 557. The molecule has 1 aliphatic rings. The minimum Gasteiger partial charge on any atom is -0.444 e. The van der Waals surface area contributed by atoms with Gasteiger partial charge in [-0.05, 0) is 33.6 Å². The average Bonchev–Trinajstić information content (AvgIpc) is 2.96. The molecular formula is C14H21ClN2O3S2. The first-order valence-corrected chi connectivity index (χ1v) is 9.87. The molecule has 0 unspecified atom stereocenters. The molecule has 2 atom stereocenters. The van der Waals surface area contributed by atoms with Crippen LogP contribution in [-0.2, 0) is 21.3 Å². The van der Waals surface area contributed by atoms with E-state index < -0.39 is 16.4 Å². The number of nitrogens with zero attached hydrogens (tertiary/aromatic N) is 2. The summed E-state index contributed by atoms with van der Waals surface area (Å²) in [6, 6.07) is -0.0147. The van der Waals surface area contributed by atoms with Crippen molar-refractivity contribution in [1.29, 1.82) is 0 Å². The second-order valence-corrected chi connectivity index (χ2v) is 9.50. The summed E-state index contributed by atoms with van der Waals surface area (Å²) in [5.41, 5.74) is -0.511. The number of aromatic nitrogens is 1. The highest BCUT2D eigenvalue weighted by molar-refractivity contribution is 7.84. The number of carbonyl (C=O) groups is 1. The third-order valence-electron chi connectivity index (χ3n) is 3.21. The summed E-state index contributed by atoms with van der Waals surface area (Å²) in [4.78, 5) is 18.8. The second kappa shape index (κ2) is 7.27. The molecule has 124 valence electrons. The molecule has 8 heteroatoms. The molecule has 0 radical (unpaired) electrons. The largest absolute Gasteiger partial charge is 0.444 e. The van der Waals surface area contributed by atoms with E-state index in [9.17, 15) is 9.00 Å². The molecular weight excluding hydrogens is 344 g/mol. The fourth-order valence-electron chi connectivity index (χ4n) is 2.35. The van der Waals surface area contributed by atoms with Crippen LogP contribution in [0.2, 0.25) is 4.47 Å². The van der Waals surface area contributed by atoms with Gasteiger partial charge in [-0.25, -0.2) is 9.78 Å². The molecule has 2 heterocycles. The Morgan fingerprint density at radius 1 is 1.59 bits per heavy atom. The summed E-state index contributed by atoms with van der Waals surface area (Å²) in [5, 5.41) is 0. The van der Waals surface area contributed by atoms with Gasteiger partial charge in [-0.2, -0.15) is 0 Å². The lowest BCUT2D eigenvalue weighted by molar-refractivity contribution is 0.0241. The molecule has 2 rings (SSSR count). The fraction of sp³-hybridized carbons (Fsp3) is 0.714. The third kappa shape index (κ3) is 5.21. The summed E-state index contributed by atoms with van der Waals surface area (Å²) in [5.74, 6) is 0.901. The van der Waals surface area contributed by atoms with Crippen LogP contribution >= 0.6 is 22.9 Å². The molecule has 1 aliphatic heterocycles. The number of hydrogen-bond donors (Lipinski definition) is 0. The van der Waals surface area contributed by atoms with E-state index in [0.717, 1.165) is 17.7 Å². The first kappa shape index (κ1) is 17.7. The van der Waals surface area contributed by atoms with E-state index in [4.69, 9.17) is 16.3 Å². The van der Waals surface area contributed by atoms with Gasteiger partial charge in [0, 0.05) is 40.2 Å². The Morgan fingerprint density at radius 3 is 2.91 bits per heavy atom. The fourth-order valence-corrected chi connectivity index (χ4v) is 5.04. The van der Waals surface area contributed by atoms with Gasteiger partial charge in [0.25, 0.3) is 0 Å². The van der Waals surface area contributed by atoms with Crippen molar-refractivity contribution in [3.8, 4) is 0 Å². The van der Waals surface area contributed by atoms with Crippen LogP contribution < -0.4 is 0 Å². The number of hydrogen-bond acceptors (Lipinski definition) is 5.